The van der Waals surface area contributed by atoms with E-state index in [2.05, 4.69) is 5.10 Å². The zero-order chi connectivity index (χ0) is 14.9. The monoisotopic (exact) mass is 294 g/mol. The highest BCUT2D eigenvalue weighted by molar-refractivity contribution is 6.32. The van der Waals surface area contributed by atoms with Crippen LogP contribution in [0.25, 0.3) is 0 Å². The number of hydrogen-bond donors (Lipinski definition) is 0. The van der Waals surface area contributed by atoms with Gasteiger partial charge in [0.2, 0.25) is 0 Å². The highest BCUT2D eigenvalue weighted by Crippen LogP contribution is 2.22. The van der Waals surface area contributed by atoms with E-state index in [0.717, 1.165) is 0 Å². The molecule has 0 unspecified atom stereocenters. The highest BCUT2D eigenvalue weighted by atomic mass is 35.5. The van der Waals surface area contributed by atoms with Crippen LogP contribution in [0.1, 0.15) is 34.2 Å². The molecule has 0 radical (unpaired) electrons. The van der Waals surface area contributed by atoms with Gasteiger partial charge in [0.05, 0.1) is 22.8 Å². The minimum Gasteiger partial charge on any atom is -0.294 e. The molecule has 0 bridgehead atoms. The van der Waals surface area contributed by atoms with Crippen LogP contribution in [0.15, 0.2) is 18.2 Å². The third-order valence-corrected chi connectivity index (χ3v) is 3.77. The van der Waals surface area contributed by atoms with Gasteiger partial charge in [0.25, 0.3) is 0 Å². The van der Waals surface area contributed by atoms with Crippen molar-refractivity contribution in [3.05, 3.63) is 51.6 Å². The lowest BCUT2D eigenvalue weighted by molar-refractivity contribution is 0.0990. The number of aryl methyl sites for hydroxylation is 3. The van der Waals surface area contributed by atoms with E-state index in [4.69, 9.17) is 11.6 Å². The zero-order valence-corrected chi connectivity index (χ0v) is 12.5. The first-order valence-electron chi connectivity index (χ1n) is 6.45. The summed E-state index contributed by atoms with van der Waals surface area (Å²) in [6.45, 7) is 6.03. The first-order chi connectivity index (χ1) is 9.43. The van der Waals surface area contributed by atoms with Gasteiger partial charge in [-0.1, -0.05) is 23.7 Å². The summed E-state index contributed by atoms with van der Waals surface area (Å²) in [5.41, 5.74) is 2.25. The van der Waals surface area contributed by atoms with Crippen LogP contribution in [0.4, 0.5) is 4.39 Å². The SMILES string of the molecule is CCn1nc(C)c(Cl)c1CC(=O)c1ccc(C)c(F)c1. The van der Waals surface area contributed by atoms with Gasteiger partial charge in [-0.3, -0.25) is 9.48 Å². The van der Waals surface area contributed by atoms with Gasteiger partial charge in [-0.15, -0.1) is 0 Å². The van der Waals surface area contributed by atoms with Gasteiger partial charge in [-0.05, 0) is 32.4 Å². The van der Waals surface area contributed by atoms with E-state index in [0.29, 0.717) is 34.1 Å². The molecular weight excluding hydrogens is 279 g/mol. The molecular formula is C15H16ClFN2O. The van der Waals surface area contributed by atoms with Crippen molar-refractivity contribution >= 4 is 17.4 Å². The summed E-state index contributed by atoms with van der Waals surface area (Å²) in [7, 11) is 0. The van der Waals surface area contributed by atoms with Gasteiger partial charge in [-0.25, -0.2) is 4.39 Å². The Hall–Kier alpha value is -1.68. The molecule has 20 heavy (non-hydrogen) atoms. The summed E-state index contributed by atoms with van der Waals surface area (Å²) in [6.07, 6.45) is 0.121. The molecule has 0 fully saturated rings. The molecule has 0 saturated heterocycles. The number of carbonyl (C=O) groups is 1. The van der Waals surface area contributed by atoms with Crippen molar-refractivity contribution in [1.82, 2.24) is 9.78 Å². The second-order valence-electron chi connectivity index (χ2n) is 4.73. The second-order valence-corrected chi connectivity index (χ2v) is 5.10. The number of aromatic nitrogens is 2. The van der Waals surface area contributed by atoms with Crippen LogP contribution in [0.5, 0.6) is 0 Å². The first kappa shape index (κ1) is 14.7. The Balaban J connectivity index is 2.30. The van der Waals surface area contributed by atoms with E-state index in [1.54, 1.807) is 30.7 Å². The van der Waals surface area contributed by atoms with Gasteiger partial charge < -0.3 is 0 Å². The average molecular weight is 295 g/mol. The molecule has 0 aliphatic rings. The Bertz CT molecular complexity index is 664. The maximum atomic E-state index is 13.5. The average Bonchev–Trinajstić information content (AvgIpc) is 2.69. The maximum Gasteiger partial charge on any atom is 0.168 e. The summed E-state index contributed by atoms with van der Waals surface area (Å²) < 4.78 is 15.2. The molecule has 5 heteroatoms. The molecule has 2 aromatic rings. The van der Waals surface area contributed by atoms with Gasteiger partial charge in [0.1, 0.15) is 5.82 Å². The Kier molecular flexibility index (Phi) is 4.23. The Morgan fingerprint density at radius 3 is 2.70 bits per heavy atom. The highest BCUT2D eigenvalue weighted by Gasteiger charge is 2.17. The van der Waals surface area contributed by atoms with Crippen molar-refractivity contribution in [3.63, 3.8) is 0 Å². The van der Waals surface area contributed by atoms with Crippen LogP contribution in [0, 0.1) is 19.7 Å². The largest absolute Gasteiger partial charge is 0.294 e. The van der Waals surface area contributed by atoms with Gasteiger partial charge >= 0.3 is 0 Å². The third kappa shape index (κ3) is 2.75. The summed E-state index contributed by atoms with van der Waals surface area (Å²) in [5, 5.41) is 4.77. The Morgan fingerprint density at radius 2 is 2.10 bits per heavy atom. The van der Waals surface area contributed by atoms with E-state index in [1.807, 2.05) is 6.92 Å². The fraction of sp³-hybridized carbons (Fsp3) is 0.333. The van der Waals surface area contributed by atoms with Crippen molar-refractivity contribution < 1.29 is 9.18 Å². The van der Waals surface area contributed by atoms with E-state index >= 15 is 0 Å². The number of carbonyl (C=O) groups excluding carboxylic acids is 1. The predicted octanol–water partition coefficient (Wildman–Crippen LogP) is 3.74. The predicted molar refractivity (Wildman–Crippen MR) is 76.8 cm³/mol. The molecule has 0 spiro atoms. The van der Waals surface area contributed by atoms with Crippen LogP contribution in [-0.2, 0) is 13.0 Å². The summed E-state index contributed by atoms with van der Waals surface area (Å²) in [4.78, 5) is 12.2. The third-order valence-electron chi connectivity index (χ3n) is 3.27. The first-order valence-corrected chi connectivity index (χ1v) is 6.83. The standard InChI is InChI=1S/C15H16ClFN2O/c1-4-19-13(15(16)10(3)18-19)8-14(20)11-6-5-9(2)12(17)7-11/h5-7H,4,8H2,1-3H3. The zero-order valence-electron chi connectivity index (χ0n) is 11.7. The van der Waals surface area contributed by atoms with Crippen molar-refractivity contribution in [2.75, 3.05) is 0 Å². The second kappa shape index (κ2) is 5.75. The van der Waals surface area contributed by atoms with E-state index < -0.39 is 0 Å². The molecule has 0 N–H and O–H groups in total. The van der Waals surface area contributed by atoms with E-state index in [-0.39, 0.29) is 18.0 Å². The lowest BCUT2D eigenvalue weighted by Crippen LogP contribution is -2.10. The van der Waals surface area contributed by atoms with Crippen LogP contribution in [-0.4, -0.2) is 15.6 Å². The summed E-state index contributed by atoms with van der Waals surface area (Å²) in [6, 6.07) is 4.51. The molecule has 2 rings (SSSR count). The molecule has 106 valence electrons. The summed E-state index contributed by atoms with van der Waals surface area (Å²) in [5.74, 6) is -0.539. The molecule has 0 aliphatic heterocycles. The lowest BCUT2D eigenvalue weighted by atomic mass is 10.0. The quantitative estimate of drug-likeness (QED) is 0.805. The molecule has 0 aliphatic carbocycles. The minimum absolute atomic E-state index is 0.121. The van der Waals surface area contributed by atoms with Gasteiger partial charge in [-0.2, -0.15) is 5.10 Å². The maximum absolute atomic E-state index is 13.5. The molecule has 0 saturated carbocycles. The topological polar surface area (TPSA) is 34.9 Å². The molecule has 3 nitrogen and oxygen atoms in total. The number of ketones is 1. The number of hydrogen-bond acceptors (Lipinski definition) is 2. The number of rotatable bonds is 4. The Morgan fingerprint density at radius 1 is 1.40 bits per heavy atom. The van der Waals surface area contributed by atoms with Crippen molar-refractivity contribution in [2.45, 2.75) is 33.7 Å². The lowest BCUT2D eigenvalue weighted by Gasteiger charge is -2.06. The smallest absolute Gasteiger partial charge is 0.168 e. The fourth-order valence-electron chi connectivity index (χ4n) is 2.06. The normalized spacial score (nSPS) is 10.8. The Labute approximate surface area is 122 Å². The van der Waals surface area contributed by atoms with Crippen LogP contribution in [0.3, 0.4) is 0 Å². The molecule has 1 aromatic heterocycles. The van der Waals surface area contributed by atoms with E-state index in [9.17, 15) is 9.18 Å². The molecule has 0 atom stereocenters. The van der Waals surface area contributed by atoms with Crippen LogP contribution in [0.2, 0.25) is 5.02 Å². The van der Waals surface area contributed by atoms with E-state index in [1.165, 1.54) is 6.07 Å². The van der Waals surface area contributed by atoms with Crippen LogP contribution >= 0.6 is 11.6 Å². The van der Waals surface area contributed by atoms with Gasteiger partial charge in [0.15, 0.2) is 5.78 Å². The minimum atomic E-state index is -0.373. The fourth-order valence-corrected chi connectivity index (χ4v) is 2.26. The molecule has 1 heterocycles. The van der Waals surface area contributed by atoms with Gasteiger partial charge in [0, 0.05) is 12.1 Å². The number of halogens is 2. The molecule has 0 amide bonds. The number of nitrogens with zero attached hydrogens (tertiary/aromatic N) is 2. The van der Waals surface area contributed by atoms with Crippen LogP contribution < -0.4 is 0 Å². The number of Topliss-reactive ketones (excluding diaryl/α,β-unsaturated/α-hetero) is 1. The molecule has 1 aromatic carbocycles. The van der Waals surface area contributed by atoms with Crippen molar-refractivity contribution in [1.29, 1.82) is 0 Å². The number of benzene rings is 1. The van der Waals surface area contributed by atoms with Crippen molar-refractivity contribution in [2.24, 2.45) is 0 Å². The van der Waals surface area contributed by atoms with Crippen molar-refractivity contribution in [3.8, 4) is 0 Å². The summed E-state index contributed by atoms with van der Waals surface area (Å²) >= 11 is 6.17.